The molecule has 354 valence electrons. The van der Waals surface area contributed by atoms with Gasteiger partial charge in [-0.05, 0) is 25.7 Å². The first-order valence-corrected chi connectivity index (χ1v) is 25.5. The molecule has 1 saturated carbocycles. The van der Waals surface area contributed by atoms with E-state index in [1.54, 1.807) is 0 Å². The Morgan fingerprint density at radius 3 is 1.33 bits per heavy atom. The fraction of sp³-hybridized carbons (Fsp3) is 0.913. The Labute approximate surface area is 363 Å². The second-order valence-corrected chi connectivity index (χ2v) is 18.4. The van der Waals surface area contributed by atoms with E-state index < -0.39 is 75.7 Å². The second-order valence-electron chi connectivity index (χ2n) is 17.0. The van der Waals surface area contributed by atoms with Gasteiger partial charge in [-0.25, -0.2) is 4.57 Å². The molecule has 0 radical (unpaired) electrons. The highest BCUT2D eigenvalue weighted by Crippen LogP contribution is 2.47. The van der Waals surface area contributed by atoms with Gasteiger partial charge in [0.2, 0.25) is 0 Å². The summed E-state index contributed by atoms with van der Waals surface area (Å²) < 4.78 is 33.5. The van der Waals surface area contributed by atoms with Crippen molar-refractivity contribution in [3.8, 4) is 0 Å². The Morgan fingerprint density at radius 1 is 0.500 bits per heavy atom. The molecule has 0 aliphatic heterocycles. The van der Waals surface area contributed by atoms with Gasteiger partial charge in [-0.3, -0.25) is 18.6 Å². The monoisotopic (exact) mass is 879 g/mol. The largest absolute Gasteiger partial charge is 0.472 e. The van der Waals surface area contributed by atoms with Crippen LogP contribution in [0.15, 0.2) is 12.2 Å². The van der Waals surface area contributed by atoms with Crippen LogP contribution in [0.3, 0.4) is 0 Å². The fourth-order valence-electron chi connectivity index (χ4n) is 7.48. The summed E-state index contributed by atoms with van der Waals surface area (Å²) in [4.78, 5) is 35.7. The van der Waals surface area contributed by atoms with Crippen LogP contribution in [0.25, 0.3) is 0 Å². The van der Waals surface area contributed by atoms with Crippen LogP contribution in [-0.4, -0.2) is 98.3 Å². The lowest BCUT2D eigenvalue weighted by Gasteiger charge is -2.41. The number of aliphatic hydroxyl groups is 5. The third-order valence-corrected chi connectivity index (χ3v) is 12.4. The Balaban J connectivity index is 2.45. The highest BCUT2D eigenvalue weighted by atomic mass is 31.2. The summed E-state index contributed by atoms with van der Waals surface area (Å²) in [5.74, 6) is -1.14. The van der Waals surface area contributed by atoms with Crippen LogP contribution in [-0.2, 0) is 32.7 Å². The lowest BCUT2D eigenvalue weighted by Crippen LogP contribution is -2.64. The van der Waals surface area contributed by atoms with Crippen LogP contribution in [0.2, 0.25) is 0 Å². The van der Waals surface area contributed by atoms with E-state index in [-0.39, 0.29) is 12.8 Å². The molecular formula is C46H87O13P. The number of unbranched alkanes of at least 4 members (excludes halogenated alkanes) is 26. The van der Waals surface area contributed by atoms with Crippen molar-refractivity contribution in [3.05, 3.63) is 12.2 Å². The van der Waals surface area contributed by atoms with Crippen LogP contribution in [0.1, 0.15) is 213 Å². The SMILES string of the molecule is CCCCCCCCCCCCC/C=C/CCC(=O)O[C@@H](COC(=O)CCCCCCCCCCCCCCCCCC)COP(=O)(O)OC1C(O)C(O)C(O)[C@H](O)C1O. The van der Waals surface area contributed by atoms with E-state index in [9.17, 15) is 44.6 Å². The van der Waals surface area contributed by atoms with Gasteiger partial charge in [0.15, 0.2) is 6.10 Å². The maximum Gasteiger partial charge on any atom is 0.472 e. The van der Waals surface area contributed by atoms with Crippen molar-refractivity contribution in [2.75, 3.05) is 13.2 Å². The first-order chi connectivity index (χ1) is 28.9. The lowest BCUT2D eigenvalue weighted by atomic mass is 9.85. The van der Waals surface area contributed by atoms with Gasteiger partial charge in [0, 0.05) is 12.8 Å². The quantitative estimate of drug-likeness (QED) is 0.0147. The topological polar surface area (TPSA) is 210 Å². The molecule has 14 heteroatoms. The Bertz CT molecular complexity index is 1110. The maximum absolute atomic E-state index is 12.8. The van der Waals surface area contributed by atoms with Crippen molar-refractivity contribution < 1.29 is 63.1 Å². The molecule has 13 nitrogen and oxygen atoms in total. The standard InChI is InChI=1S/C46H87O13P/c1-3-5-7-9-11-13-15-17-19-21-22-24-26-28-30-32-34-39(47)56-36-38(37-57-60(54,55)59-46-44(52)42(50)41(49)43(51)45(46)53)58-40(48)35-33-31-29-27-25-23-20-18-16-14-12-10-8-6-4-2/h29,31,38,41-46,49-53H,3-28,30,32-37H2,1-2H3,(H,54,55)/b31-29+/t38-,41?,42-,43?,44?,45?,46?/m0/s1. The zero-order valence-electron chi connectivity index (χ0n) is 37.5. The number of esters is 2. The van der Waals surface area contributed by atoms with Crippen molar-refractivity contribution in [2.24, 2.45) is 0 Å². The van der Waals surface area contributed by atoms with E-state index in [1.165, 1.54) is 141 Å². The van der Waals surface area contributed by atoms with Crippen LogP contribution in [0.5, 0.6) is 0 Å². The van der Waals surface area contributed by atoms with Gasteiger partial charge in [0.1, 0.15) is 43.2 Å². The minimum Gasteiger partial charge on any atom is -0.462 e. The molecule has 0 aromatic rings. The number of carbonyl (C=O) groups is 2. The van der Waals surface area contributed by atoms with E-state index in [0.717, 1.165) is 32.1 Å². The minimum absolute atomic E-state index is 0.0181. The summed E-state index contributed by atoms with van der Waals surface area (Å²) in [5.41, 5.74) is 0. The van der Waals surface area contributed by atoms with E-state index >= 15 is 0 Å². The fourth-order valence-corrected chi connectivity index (χ4v) is 8.46. The first-order valence-electron chi connectivity index (χ1n) is 24.0. The number of rotatable bonds is 40. The highest BCUT2D eigenvalue weighted by molar-refractivity contribution is 7.47. The molecule has 60 heavy (non-hydrogen) atoms. The summed E-state index contributed by atoms with van der Waals surface area (Å²) >= 11 is 0. The number of phosphoric acid groups is 1. The normalized spacial score (nSPS) is 22.2. The van der Waals surface area contributed by atoms with E-state index in [2.05, 4.69) is 13.8 Å². The molecule has 0 heterocycles. The van der Waals surface area contributed by atoms with Gasteiger partial charge < -0.3 is 39.9 Å². The number of hydrogen-bond acceptors (Lipinski definition) is 12. The van der Waals surface area contributed by atoms with Gasteiger partial charge in [-0.2, -0.15) is 0 Å². The number of ether oxygens (including phenoxy) is 2. The zero-order valence-corrected chi connectivity index (χ0v) is 38.4. The molecule has 0 saturated heterocycles. The maximum atomic E-state index is 12.8. The number of hydrogen-bond donors (Lipinski definition) is 6. The van der Waals surface area contributed by atoms with Gasteiger partial charge in [0.25, 0.3) is 0 Å². The molecule has 8 atom stereocenters. The number of aliphatic hydroxyl groups excluding tert-OH is 5. The van der Waals surface area contributed by atoms with Crippen molar-refractivity contribution >= 4 is 19.8 Å². The second kappa shape index (κ2) is 37.0. The van der Waals surface area contributed by atoms with E-state index in [1.807, 2.05) is 12.2 Å². The predicted molar refractivity (Wildman–Crippen MR) is 235 cm³/mol. The third-order valence-electron chi connectivity index (χ3n) is 11.4. The van der Waals surface area contributed by atoms with Crippen LogP contribution < -0.4 is 0 Å². The van der Waals surface area contributed by atoms with Gasteiger partial charge in [0.05, 0.1) is 6.61 Å². The van der Waals surface area contributed by atoms with Gasteiger partial charge in [-0.15, -0.1) is 0 Å². The summed E-state index contributed by atoms with van der Waals surface area (Å²) in [7, 11) is -5.12. The average Bonchev–Trinajstić information content (AvgIpc) is 3.23. The minimum atomic E-state index is -5.12. The van der Waals surface area contributed by atoms with Crippen molar-refractivity contribution in [2.45, 2.75) is 256 Å². The molecule has 6 unspecified atom stereocenters. The molecule has 1 fully saturated rings. The predicted octanol–water partition coefficient (Wildman–Crippen LogP) is 9.45. The summed E-state index contributed by atoms with van der Waals surface area (Å²) in [6.07, 6.45) is 25.6. The van der Waals surface area contributed by atoms with Crippen molar-refractivity contribution in [1.29, 1.82) is 0 Å². The van der Waals surface area contributed by atoms with Crippen molar-refractivity contribution in [3.63, 3.8) is 0 Å². The number of phosphoric ester groups is 1. The molecule has 0 amide bonds. The Hall–Kier alpha value is -1.41. The first kappa shape index (κ1) is 56.6. The van der Waals surface area contributed by atoms with Crippen LogP contribution >= 0.6 is 7.82 Å². The lowest BCUT2D eigenvalue weighted by molar-refractivity contribution is -0.220. The molecule has 0 aromatic heterocycles. The molecule has 1 aliphatic rings. The summed E-state index contributed by atoms with van der Waals surface area (Å²) in [6.45, 7) is 3.29. The van der Waals surface area contributed by atoms with Crippen LogP contribution in [0.4, 0.5) is 0 Å². The number of allylic oxidation sites excluding steroid dienone is 2. The van der Waals surface area contributed by atoms with Crippen molar-refractivity contribution in [1.82, 2.24) is 0 Å². The van der Waals surface area contributed by atoms with Gasteiger partial charge in [-0.1, -0.05) is 187 Å². The van der Waals surface area contributed by atoms with Crippen LogP contribution in [0, 0.1) is 0 Å². The Morgan fingerprint density at radius 2 is 0.883 bits per heavy atom. The molecule has 0 bridgehead atoms. The summed E-state index contributed by atoms with van der Waals surface area (Å²) in [5, 5.41) is 50.1. The molecule has 0 spiro atoms. The highest BCUT2D eigenvalue weighted by Gasteiger charge is 2.51. The molecule has 0 aromatic carbocycles. The van der Waals surface area contributed by atoms with E-state index in [4.69, 9.17) is 18.5 Å². The van der Waals surface area contributed by atoms with Gasteiger partial charge >= 0.3 is 19.8 Å². The third kappa shape index (κ3) is 29.0. The zero-order chi connectivity index (χ0) is 44.3. The molecule has 1 rings (SSSR count). The Kier molecular flexibility index (Phi) is 34.9. The smallest absolute Gasteiger partial charge is 0.462 e. The number of carbonyl (C=O) groups excluding carboxylic acids is 2. The summed E-state index contributed by atoms with van der Waals surface area (Å²) in [6, 6.07) is 0. The average molecular weight is 879 g/mol. The van der Waals surface area contributed by atoms with E-state index in [0.29, 0.717) is 12.8 Å². The molecular weight excluding hydrogens is 791 g/mol. The molecule has 6 N–H and O–H groups in total. The molecule has 1 aliphatic carbocycles.